The maximum atomic E-state index is 13.0. The minimum Gasteiger partial charge on any atom is -0.484 e. The molecule has 1 aliphatic carbocycles. The number of piperazine rings is 1. The van der Waals surface area contributed by atoms with Crippen LogP contribution in [-0.4, -0.2) is 54.4 Å². The molecule has 6 heteroatoms. The number of hydrogen-bond donors (Lipinski definition) is 0. The van der Waals surface area contributed by atoms with Gasteiger partial charge in [-0.3, -0.25) is 9.59 Å². The quantitative estimate of drug-likeness (QED) is 0.842. The Morgan fingerprint density at radius 2 is 1.82 bits per heavy atom. The molecule has 1 heterocycles. The third-order valence-corrected chi connectivity index (χ3v) is 4.03. The predicted molar refractivity (Wildman–Crippen MR) is 77.8 cm³/mol. The van der Waals surface area contributed by atoms with Crippen LogP contribution in [0.5, 0.6) is 5.75 Å². The summed E-state index contributed by atoms with van der Waals surface area (Å²) in [5, 5.41) is 0. The SMILES string of the molecule is O=C(COc1cccc(F)c1)N1CCN(C(=O)C2CC2)CC1. The Morgan fingerprint density at radius 1 is 1.14 bits per heavy atom. The first-order valence-corrected chi connectivity index (χ1v) is 7.58. The summed E-state index contributed by atoms with van der Waals surface area (Å²) in [6.45, 7) is 2.12. The van der Waals surface area contributed by atoms with Gasteiger partial charge in [0.05, 0.1) is 0 Å². The number of ether oxygens (including phenoxy) is 1. The molecule has 2 amide bonds. The molecule has 22 heavy (non-hydrogen) atoms. The van der Waals surface area contributed by atoms with Crippen LogP contribution in [0.2, 0.25) is 0 Å². The second-order valence-corrected chi connectivity index (χ2v) is 5.73. The van der Waals surface area contributed by atoms with Gasteiger partial charge in [-0.25, -0.2) is 4.39 Å². The topological polar surface area (TPSA) is 49.9 Å². The van der Waals surface area contributed by atoms with E-state index in [4.69, 9.17) is 4.74 Å². The average Bonchev–Trinajstić information content (AvgIpc) is 3.37. The highest BCUT2D eigenvalue weighted by Gasteiger charge is 2.35. The van der Waals surface area contributed by atoms with Gasteiger partial charge in [0.2, 0.25) is 5.91 Å². The lowest BCUT2D eigenvalue weighted by Crippen LogP contribution is -2.52. The number of rotatable bonds is 4. The van der Waals surface area contributed by atoms with Gasteiger partial charge in [0.15, 0.2) is 6.61 Å². The predicted octanol–water partition coefficient (Wildman–Crippen LogP) is 1.29. The van der Waals surface area contributed by atoms with Crippen LogP contribution >= 0.6 is 0 Å². The monoisotopic (exact) mass is 306 g/mol. The van der Waals surface area contributed by atoms with Gasteiger partial charge in [-0.05, 0) is 25.0 Å². The molecule has 1 saturated heterocycles. The van der Waals surface area contributed by atoms with Crippen molar-refractivity contribution in [1.29, 1.82) is 0 Å². The number of benzene rings is 1. The van der Waals surface area contributed by atoms with Crippen molar-refractivity contribution in [3.8, 4) is 5.75 Å². The maximum Gasteiger partial charge on any atom is 0.260 e. The zero-order chi connectivity index (χ0) is 15.5. The van der Waals surface area contributed by atoms with E-state index >= 15 is 0 Å². The van der Waals surface area contributed by atoms with E-state index in [1.54, 1.807) is 11.0 Å². The molecule has 1 aliphatic heterocycles. The molecule has 1 aromatic rings. The Bertz CT molecular complexity index is 566. The lowest BCUT2D eigenvalue weighted by atomic mass is 10.2. The zero-order valence-corrected chi connectivity index (χ0v) is 12.3. The van der Waals surface area contributed by atoms with Crippen LogP contribution in [0.25, 0.3) is 0 Å². The van der Waals surface area contributed by atoms with E-state index in [2.05, 4.69) is 0 Å². The van der Waals surface area contributed by atoms with Gasteiger partial charge in [-0.2, -0.15) is 0 Å². The van der Waals surface area contributed by atoms with E-state index in [-0.39, 0.29) is 24.3 Å². The molecule has 3 rings (SSSR count). The van der Waals surface area contributed by atoms with Gasteiger partial charge in [0.1, 0.15) is 11.6 Å². The first-order chi connectivity index (χ1) is 10.6. The Hall–Kier alpha value is -2.11. The Labute approximate surface area is 128 Å². The third-order valence-electron chi connectivity index (χ3n) is 4.03. The highest BCUT2D eigenvalue weighted by molar-refractivity contribution is 5.82. The molecule has 118 valence electrons. The van der Waals surface area contributed by atoms with E-state index in [1.165, 1.54) is 18.2 Å². The molecule has 1 aromatic carbocycles. The van der Waals surface area contributed by atoms with E-state index in [0.717, 1.165) is 12.8 Å². The van der Waals surface area contributed by atoms with E-state index in [0.29, 0.717) is 31.9 Å². The normalized spacial score (nSPS) is 18.2. The summed E-state index contributed by atoms with van der Waals surface area (Å²) in [6.07, 6.45) is 2.00. The van der Waals surface area contributed by atoms with E-state index < -0.39 is 5.82 Å². The van der Waals surface area contributed by atoms with Crippen LogP contribution < -0.4 is 4.74 Å². The maximum absolute atomic E-state index is 13.0. The van der Waals surface area contributed by atoms with Gasteiger partial charge in [0.25, 0.3) is 5.91 Å². The molecule has 2 aliphatic rings. The summed E-state index contributed by atoms with van der Waals surface area (Å²) in [7, 11) is 0. The lowest BCUT2D eigenvalue weighted by Gasteiger charge is -2.34. The summed E-state index contributed by atoms with van der Waals surface area (Å²) in [5.41, 5.74) is 0. The molecule has 0 aromatic heterocycles. The molecule has 0 unspecified atom stereocenters. The highest BCUT2D eigenvalue weighted by Crippen LogP contribution is 2.31. The lowest BCUT2D eigenvalue weighted by molar-refractivity contribution is -0.141. The van der Waals surface area contributed by atoms with Gasteiger partial charge in [-0.1, -0.05) is 6.07 Å². The van der Waals surface area contributed by atoms with Crippen LogP contribution in [0.4, 0.5) is 4.39 Å². The second kappa shape index (κ2) is 6.34. The fourth-order valence-electron chi connectivity index (χ4n) is 2.56. The van der Waals surface area contributed by atoms with Crippen molar-refractivity contribution in [2.75, 3.05) is 32.8 Å². The molecule has 0 N–H and O–H groups in total. The molecule has 2 fully saturated rings. The molecular formula is C16H19FN2O3. The van der Waals surface area contributed by atoms with Crippen molar-refractivity contribution < 1.29 is 18.7 Å². The summed E-state index contributed by atoms with van der Waals surface area (Å²) in [5.74, 6) is 0.262. The van der Waals surface area contributed by atoms with Crippen LogP contribution in [0.1, 0.15) is 12.8 Å². The molecule has 1 saturated carbocycles. The molecule has 0 atom stereocenters. The number of amides is 2. The van der Waals surface area contributed by atoms with Gasteiger partial charge >= 0.3 is 0 Å². The van der Waals surface area contributed by atoms with Crippen molar-refractivity contribution in [3.05, 3.63) is 30.1 Å². The van der Waals surface area contributed by atoms with Crippen molar-refractivity contribution in [2.45, 2.75) is 12.8 Å². The van der Waals surface area contributed by atoms with Crippen LogP contribution in [0.15, 0.2) is 24.3 Å². The highest BCUT2D eigenvalue weighted by atomic mass is 19.1. The smallest absolute Gasteiger partial charge is 0.260 e. The molecule has 5 nitrogen and oxygen atoms in total. The van der Waals surface area contributed by atoms with Gasteiger partial charge in [-0.15, -0.1) is 0 Å². The minimum absolute atomic E-state index is 0.111. The summed E-state index contributed by atoms with van der Waals surface area (Å²) < 4.78 is 18.3. The number of carbonyl (C=O) groups excluding carboxylic acids is 2. The third kappa shape index (κ3) is 3.55. The number of carbonyl (C=O) groups is 2. The van der Waals surface area contributed by atoms with Crippen molar-refractivity contribution in [2.24, 2.45) is 5.92 Å². The van der Waals surface area contributed by atoms with Gasteiger partial charge in [0, 0.05) is 38.2 Å². The van der Waals surface area contributed by atoms with Crippen molar-refractivity contribution in [3.63, 3.8) is 0 Å². The van der Waals surface area contributed by atoms with E-state index in [9.17, 15) is 14.0 Å². The number of nitrogens with zero attached hydrogens (tertiary/aromatic N) is 2. The molecule has 0 bridgehead atoms. The number of halogens is 1. The molecule has 0 radical (unpaired) electrons. The second-order valence-electron chi connectivity index (χ2n) is 5.73. The summed E-state index contributed by atoms with van der Waals surface area (Å²) in [6, 6.07) is 5.73. The fourth-order valence-corrected chi connectivity index (χ4v) is 2.56. The molecule has 0 spiro atoms. The Morgan fingerprint density at radius 3 is 2.45 bits per heavy atom. The zero-order valence-electron chi connectivity index (χ0n) is 12.3. The van der Waals surface area contributed by atoms with Crippen molar-refractivity contribution >= 4 is 11.8 Å². The Balaban J connectivity index is 1.44. The Kier molecular flexibility index (Phi) is 4.27. The van der Waals surface area contributed by atoms with E-state index in [1.807, 2.05) is 4.90 Å². The standard InChI is InChI=1S/C16H19FN2O3/c17-13-2-1-3-14(10-13)22-11-15(20)18-6-8-19(9-7-18)16(21)12-4-5-12/h1-3,10,12H,4-9,11H2. The van der Waals surface area contributed by atoms with Gasteiger partial charge < -0.3 is 14.5 Å². The summed E-state index contributed by atoms with van der Waals surface area (Å²) in [4.78, 5) is 27.6. The first-order valence-electron chi connectivity index (χ1n) is 7.58. The minimum atomic E-state index is -0.392. The summed E-state index contributed by atoms with van der Waals surface area (Å²) >= 11 is 0. The first kappa shape index (κ1) is 14.8. The van der Waals surface area contributed by atoms with Crippen LogP contribution in [-0.2, 0) is 9.59 Å². The van der Waals surface area contributed by atoms with Crippen LogP contribution in [0.3, 0.4) is 0 Å². The van der Waals surface area contributed by atoms with Crippen LogP contribution in [0, 0.1) is 11.7 Å². The number of hydrogen-bond acceptors (Lipinski definition) is 3. The van der Waals surface area contributed by atoms with Crippen molar-refractivity contribution in [1.82, 2.24) is 9.80 Å². The fraction of sp³-hybridized carbons (Fsp3) is 0.500. The largest absolute Gasteiger partial charge is 0.484 e. The average molecular weight is 306 g/mol. The molecular weight excluding hydrogens is 287 g/mol.